The minimum Gasteiger partial charge on any atom is -0.492 e. The Labute approximate surface area is 179 Å². The van der Waals surface area contributed by atoms with Crippen molar-refractivity contribution in [3.05, 3.63) is 68.8 Å². The molecule has 1 atom stereocenters. The maximum atomic E-state index is 13.6. The van der Waals surface area contributed by atoms with E-state index in [1.807, 2.05) is 38.1 Å². The van der Waals surface area contributed by atoms with Gasteiger partial charge in [-0.05, 0) is 32.0 Å². The molecular formula is C22H25N5O4. The molecule has 0 amide bonds. The molecule has 1 aliphatic rings. The molecule has 2 aromatic carbocycles. The average molecular weight is 423 g/mol. The van der Waals surface area contributed by atoms with Gasteiger partial charge in [-0.2, -0.15) is 0 Å². The maximum absolute atomic E-state index is 13.6. The van der Waals surface area contributed by atoms with Gasteiger partial charge in [-0.25, -0.2) is 4.98 Å². The topological polar surface area (TPSA) is 103 Å². The van der Waals surface area contributed by atoms with Crippen LogP contribution in [-0.2, 0) is 0 Å². The van der Waals surface area contributed by atoms with E-state index < -0.39 is 4.92 Å². The lowest BCUT2D eigenvalue weighted by atomic mass is 10.1. The van der Waals surface area contributed by atoms with E-state index >= 15 is 0 Å². The quantitative estimate of drug-likeness (QED) is 0.480. The smallest absolute Gasteiger partial charge is 0.271 e. The van der Waals surface area contributed by atoms with E-state index in [1.54, 1.807) is 4.57 Å². The largest absolute Gasteiger partial charge is 0.492 e. The van der Waals surface area contributed by atoms with Gasteiger partial charge in [0, 0.05) is 38.3 Å². The predicted octanol–water partition coefficient (Wildman–Crippen LogP) is 2.66. The molecule has 31 heavy (non-hydrogen) atoms. The number of para-hydroxylation sites is 2. The number of hydrogen-bond acceptors (Lipinski definition) is 7. The molecule has 0 bridgehead atoms. The Morgan fingerprint density at radius 1 is 1.23 bits per heavy atom. The van der Waals surface area contributed by atoms with Gasteiger partial charge < -0.3 is 10.1 Å². The Morgan fingerprint density at radius 3 is 2.68 bits per heavy atom. The zero-order chi connectivity index (χ0) is 22.0. The lowest BCUT2D eigenvalue weighted by molar-refractivity contribution is -0.384. The van der Waals surface area contributed by atoms with E-state index in [9.17, 15) is 14.9 Å². The van der Waals surface area contributed by atoms with Crippen molar-refractivity contribution in [1.82, 2.24) is 19.8 Å². The second-order valence-corrected chi connectivity index (χ2v) is 7.43. The third-order valence-electron chi connectivity index (χ3n) is 5.57. The van der Waals surface area contributed by atoms with Crippen LogP contribution in [0.2, 0.25) is 0 Å². The summed E-state index contributed by atoms with van der Waals surface area (Å²) < 4.78 is 7.38. The average Bonchev–Trinajstić information content (AvgIpc) is 2.79. The van der Waals surface area contributed by atoms with Crippen molar-refractivity contribution in [2.75, 3.05) is 32.8 Å². The zero-order valence-electron chi connectivity index (χ0n) is 17.6. The number of fused-ring (bicyclic) bond motifs is 1. The minimum absolute atomic E-state index is 0.0901. The SMILES string of the molecule is CCOc1ccccc1-n1c(C(C)N2CCNCC2)nc2cc([N+](=O)[O-])ccc2c1=O. The molecule has 0 radical (unpaired) electrons. The fourth-order valence-corrected chi connectivity index (χ4v) is 3.97. The molecule has 1 fully saturated rings. The monoisotopic (exact) mass is 423 g/mol. The first-order valence-corrected chi connectivity index (χ1v) is 10.4. The highest BCUT2D eigenvalue weighted by Crippen LogP contribution is 2.28. The highest BCUT2D eigenvalue weighted by molar-refractivity contribution is 5.80. The van der Waals surface area contributed by atoms with Crippen molar-refractivity contribution in [3.63, 3.8) is 0 Å². The lowest BCUT2D eigenvalue weighted by Crippen LogP contribution is -2.45. The molecule has 1 aliphatic heterocycles. The Kier molecular flexibility index (Phi) is 5.97. The number of benzene rings is 2. The van der Waals surface area contributed by atoms with Crippen molar-refractivity contribution >= 4 is 16.6 Å². The Balaban J connectivity index is 1.98. The van der Waals surface area contributed by atoms with Gasteiger partial charge in [-0.15, -0.1) is 0 Å². The van der Waals surface area contributed by atoms with Crippen LogP contribution in [0.15, 0.2) is 47.3 Å². The van der Waals surface area contributed by atoms with Crippen LogP contribution >= 0.6 is 0 Å². The van der Waals surface area contributed by atoms with Gasteiger partial charge in [0.2, 0.25) is 0 Å². The lowest BCUT2D eigenvalue weighted by Gasteiger charge is -2.33. The van der Waals surface area contributed by atoms with E-state index in [-0.39, 0.29) is 17.3 Å². The number of nitro benzene ring substituents is 1. The fraction of sp³-hybridized carbons (Fsp3) is 0.364. The van der Waals surface area contributed by atoms with Gasteiger partial charge in [0.1, 0.15) is 11.6 Å². The molecule has 1 aromatic heterocycles. The molecule has 9 nitrogen and oxygen atoms in total. The fourth-order valence-electron chi connectivity index (χ4n) is 3.97. The molecule has 1 N–H and O–H groups in total. The van der Waals surface area contributed by atoms with Crippen molar-refractivity contribution in [2.45, 2.75) is 19.9 Å². The molecule has 0 saturated carbocycles. The van der Waals surface area contributed by atoms with Crippen molar-refractivity contribution in [2.24, 2.45) is 0 Å². The number of aromatic nitrogens is 2. The van der Waals surface area contributed by atoms with Gasteiger partial charge in [-0.3, -0.25) is 24.4 Å². The zero-order valence-corrected chi connectivity index (χ0v) is 17.6. The van der Waals surface area contributed by atoms with E-state index in [4.69, 9.17) is 9.72 Å². The highest BCUT2D eigenvalue weighted by Gasteiger charge is 2.26. The summed E-state index contributed by atoms with van der Waals surface area (Å²) in [6.07, 6.45) is 0. The van der Waals surface area contributed by atoms with Crippen LogP contribution in [0.3, 0.4) is 0 Å². The van der Waals surface area contributed by atoms with Crippen molar-refractivity contribution < 1.29 is 9.66 Å². The minimum atomic E-state index is -0.476. The van der Waals surface area contributed by atoms with Crippen molar-refractivity contribution in [1.29, 1.82) is 0 Å². The summed E-state index contributed by atoms with van der Waals surface area (Å²) >= 11 is 0. The molecule has 162 valence electrons. The number of nitro groups is 1. The first kappa shape index (κ1) is 21.0. The number of non-ortho nitro benzene ring substituents is 1. The molecular weight excluding hydrogens is 398 g/mol. The third-order valence-corrected chi connectivity index (χ3v) is 5.57. The van der Waals surface area contributed by atoms with Gasteiger partial charge in [-0.1, -0.05) is 12.1 Å². The van der Waals surface area contributed by atoms with E-state index in [0.29, 0.717) is 34.8 Å². The van der Waals surface area contributed by atoms with E-state index in [2.05, 4.69) is 10.2 Å². The molecule has 1 unspecified atom stereocenters. The third kappa shape index (κ3) is 4.01. The first-order valence-electron chi connectivity index (χ1n) is 10.4. The van der Waals surface area contributed by atoms with Crippen LogP contribution in [0, 0.1) is 10.1 Å². The Hall–Kier alpha value is -3.30. The number of ether oxygens (including phenoxy) is 1. The number of piperazine rings is 1. The summed E-state index contributed by atoms with van der Waals surface area (Å²) in [5.41, 5.74) is 0.567. The molecule has 2 heterocycles. The second-order valence-electron chi connectivity index (χ2n) is 7.43. The summed E-state index contributed by atoms with van der Waals surface area (Å²) in [5, 5.41) is 14.9. The van der Waals surface area contributed by atoms with Gasteiger partial charge in [0.25, 0.3) is 11.2 Å². The van der Waals surface area contributed by atoms with Crippen LogP contribution in [0.1, 0.15) is 25.7 Å². The summed E-state index contributed by atoms with van der Waals surface area (Å²) in [4.78, 5) is 31.5. The van der Waals surface area contributed by atoms with E-state index in [1.165, 1.54) is 18.2 Å². The van der Waals surface area contributed by atoms with E-state index in [0.717, 1.165) is 26.2 Å². The van der Waals surface area contributed by atoms with Gasteiger partial charge >= 0.3 is 0 Å². The standard InChI is InChI=1S/C22H25N5O4/c1-3-31-20-7-5-4-6-19(20)26-21(15(2)25-12-10-23-11-13-25)24-18-14-16(27(29)30)8-9-17(18)22(26)28/h4-9,14-15,23H,3,10-13H2,1-2H3. The Bertz CT molecular complexity index is 1170. The number of nitrogens with one attached hydrogen (secondary N) is 1. The highest BCUT2D eigenvalue weighted by atomic mass is 16.6. The van der Waals surface area contributed by atoms with Crippen LogP contribution in [-0.4, -0.2) is 52.2 Å². The molecule has 0 aliphatic carbocycles. The van der Waals surface area contributed by atoms with Crippen LogP contribution in [0.5, 0.6) is 5.75 Å². The Morgan fingerprint density at radius 2 is 1.97 bits per heavy atom. The van der Waals surface area contributed by atoms with Crippen LogP contribution in [0.4, 0.5) is 5.69 Å². The summed E-state index contributed by atoms with van der Waals surface area (Å²) in [6.45, 7) is 7.69. The van der Waals surface area contributed by atoms with Crippen LogP contribution < -0.4 is 15.6 Å². The number of nitrogens with zero attached hydrogens (tertiary/aromatic N) is 4. The molecule has 0 spiro atoms. The number of hydrogen-bond donors (Lipinski definition) is 1. The predicted molar refractivity (Wildman–Crippen MR) is 118 cm³/mol. The summed E-state index contributed by atoms with van der Waals surface area (Å²) in [7, 11) is 0. The summed E-state index contributed by atoms with van der Waals surface area (Å²) in [6, 6.07) is 11.4. The normalized spacial score (nSPS) is 15.7. The van der Waals surface area contributed by atoms with Gasteiger partial charge in [0.15, 0.2) is 0 Å². The second kappa shape index (κ2) is 8.83. The number of rotatable bonds is 6. The maximum Gasteiger partial charge on any atom is 0.271 e. The molecule has 1 saturated heterocycles. The molecule has 9 heteroatoms. The van der Waals surface area contributed by atoms with Gasteiger partial charge in [0.05, 0.1) is 34.2 Å². The molecule has 4 rings (SSSR count). The molecule has 3 aromatic rings. The first-order chi connectivity index (χ1) is 15.0. The van der Waals surface area contributed by atoms with Crippen LogP contribution in [0.25, 0.3) is 16.6 Å². The van der Waals surface area contributed by atoms with Crippen molar-refractivity contribution in [3.8, 4) is 11.4 Å². The summed E-state index contributed by atoms with van der Waals surface area (Å²) in [5.74, 6) is 1.12.